The van der Waals surface area contributed by atoms with E-state index in [4.69, 9.17) is 18.9 Å². The topological polar surface area (TPSA) is 79.8 Å². The molecule has 0 N–H and O–H groups in total. The minimum Gasteiger partial charge on any atom is -0.468 e. The maximum Gasteiger partial charge on any atom is 0.197 e. The number of hydrogen-bond acceptors (Lipinski definition) is 7. The third-order valence-corrected chi connectivity index (χ3v) is 5.05. The second kappa shape index (κ2) is 11.2. The Hall–Kier alpha value is -4.07. The van der Waals surface area contributed by atoms with Crippen molar-refractivity contribution in [3.05, 3.63) is 96.3 Å². The van der Waals surface area contributed by atoms with E-state index >= 15 is 0 Å². The number of ketones is 1. The Morgan fingerprint density at radius 1 is 0.647 bits per heavy atom. The number of benzene rings is 2. The SMILES string of the molecule is COCOc1ccc(-c2ncccc2C(=O)c2cccnc2-c2ccc(OCOC)cc2)cc1. The van der Waals surface area contributed by atoms with Gasteiger partial charge in [-0.3, -0.25) is 14.8 Å². The molecule has 34 heavy (non-hydrogen) atoms. The van der Waals surface area contributed by atoms with Crippen molar-refractivity contribution in [1.29, 1.82) is 0 Å². The maximum atomic E-state index is 13.7. The van der Waals surface area contributed by atoms with Crippen LogP contribution in [0.2, 0.25) is 0 Å². The average Bonchev–Trinajstić information content (AvgIpc) is 2.91. The van der Waals surface area contributed by atoms with E-state index in [0.29, 0.717) is 34.0 Å². The molecule has 0 saturated heterocycles. The first kappa shape index (κ1) is 23.1. The van der Waals surface area contributed by atoms with Gasteiger partial charge in [-0.25, -0.2) is 0 Å². The Balaban J connectivity index is 1.66. The number of ether oxygens (including phenoxy) is 4. The molecule has 2 aromatic heterocycles. The van der Waals surface area contributed by atoms with Gasteiger partial charge in [0.25, 0.3) is 0 Å². The van der Waals surface area contributed by atoms with Crippen LogP contribution in [0.1, 0.15) is 15.9 Å². The van der Waals surface area contributed by atoms with Crippen LogP contribution in [0.15, 0.2) is 85.2 Å². The minimum atomic E-state index is -0.161. The van der Waals surface area contributed by atoms with E-state index in [0.717, 1.165) is 11.1 Å². The molecule has 7 nitrogen and oxygen atoms in total. The lowest BCUT2D eigenvalue weighted by atomic mass is 9.95. The standard InChI is InChI=1S/C27H24N2O5/c1-31-17-33-21-11-7-19(8-12-21)25-23(5-3-15-28-25)27(30)24-6-4-16-29-26(24)20-9-13-22(14-10-20)34-18-32-2/h3-16H,17-18H2,1-2H3. The Bertz CT molecular complexity index is 1140. The van der Waals surface area contributed by atoms with Gasteiger partial charge < -0.3 is 18.9 Å². The summed E-state index contributed by atoms with van der Waals surface area (Å²) in [4.78, 5) is 22.7. The lowest BCUT2D eigenvalue weighted by Crippen LogP contribution is -2.07. The zero-order chi connectivity index (χ0) is 23.8. The molecular weight excluding hydrogens is 432 g/mol. The molecule has 0 radical (unpaired) electrons. The van der Waals surface area contributed by atoms with Crippen LogP contribution in [0.4, 0.5) is 0 Å². The first-order valence-electron chi connectivity index (χ1n) is 10.6. The molecule has 0 atom stereocenters. The van der Waals surface area contributed by atoms with E-state index < -0.39 is 0 Å². The highest BCUT2D eigenvalue weighted by atomic mass is 16.7. The summed E-state index contributed by atoms with van der Waals surface area (Å²) in [5.41, 5.74) is 3.76. The highest BCUT2D eigenvalue weighted by Gasteiger charge is 2.20. The molecule has 2 aromatic carbocycles. The van der Waals surface area contributed by atoms with Gasteiger partial charge in [-0.2, -0.15) is 0 Å². The van der Waals surface area contributed by atoms with Crippen molar-refractivity contribution in [2.45, 2.75) is 0 Å². The molecule has 0 unspecified atom stereocenters. The average molecular weight is 456 g/mol. The fourth-order valence-electron chi connectivity index (χ4n) is 3.45. The van der Waals surface area contributed by atoms with Crippen LogP contribution >= 0.6 is 0 Å². The van der Waals surface area contributed by atoms with Gasteiger partial charge >= 0.3 is 0 Å². The van der Waals surface area contributed by atoms with Crippen molar-refractivity contribution in [1.82, 2.24) is 9.97 Å². The molecule has 4 aromatic rings. The number of aromatic nitrogens is 2. The van der Waals surface area contributed by atoms with Gasteiger partial charge in [0.1, 0.15) is 11.5 Å². The van der Waals surface area contributed by atoms with Gasteiger partial charge in [0.2, 0.25) is 0 Å². The Morgan fingerprint density at radius 2 is 1.06 bits per heavy atom. The van der Waals surface area contributed by atoms with Crippen LogP contribution in [0.5, 0.6) is 11.5 Å². The highest BCUT2D eigenvalue weighted by molar-refractivity contribution is 6.15. The number of hydrogen-bond donors (Lipinski definition) is 0. The predicted octanol–water partition coefficient (Wildman–Crippen LogP) is 5.01. The van der Waals surface area contributed by atoms with E-state index in [1.54, 1.807) is 50.9 Å². The van der Waals surface area contributed by atoms with E-state index in [1.807, 2.05) is 48.5 Å². The van der Waals surface area contributed by atoms with Crippen LogP contribution in [0.3, 0.4) is 0 Å². The van der Waals surface area contributed by atoms with Crippen LogP contribution in [-0.4, -0.2) is 43.6 Å². The largest absolute Gasteiger partial charge is 0.468 e. The molecule has 0 aliphatic heterocycles. The number of pyridine rings is 2. The summed E-state index contributed by atoms with van der Waals surface area (Å²) in [5, 5.41) is 0. The monoisotopic (exact) mass is 456 g/mol. The van der Waals surface area contributed by atoms with Crippen molar-refractivity contribution in [2.24, 2.45) is 0 Å². The van der Waals surface area contributed by atoms with E-state index in [2.05, 4.69) is 9.97 Å². The Kier molecular flexibility index (Phi) is 7.60. The van der Waals surface area contributed by atoms with Crippen LogP contribution in [-0.2, 0) is 9.47 Å². The second-order valence-corrected chi connectivity index (χ2v) is 7.28. The molecule has 2 heterocycles. The summed E-state index contributed by atoms with van der Waals surface area (Å²) in [6.07, 6.45) is 3.34. The van der Waals surface area contributed by atoms with Crippen molar-refractivity contribution in [2.75, 3.05) is 27.8 Å². The molecule has 0 spiro atoms. The molecule has 7 heteroatoms. The summed E-state index contributed by atoms with van der Waals surface area (Å²) in [7, 11) is 3.13. The summed E-state index contributed by atoms with van der Waals surface area (Å²) < 4.78 is 20.8. The van der Waals surface area contributed by atoms with Gasteiger partial charge in [-0.05, 0) is 72.8 Å². The van der Waals surface area contributed by atoms with Gasteiger partial charge in [-0.15, -0.1) is 0 Å². The van der Waals surface area contributed by atoms with E-state index in [1.165, 1.54) is 0 Å². The fraction of sp³-hybridized carbons (Fsp3) is 0.148. The van der Waals surface area contributed by atoms with E-state index in [9.17, 15) is 4.79 Å². The van der Waals surface area contributed by atoms with Gasteiger partial charge in [0.05, 0.1) is 11.4 Å². The molecule has 0 aliphatic carbocycles. The molecule has 0 bridgehead atoms. The molecule has 0 amide bonds. The maximum absolute atomic E-state index is 13.7. The third kappa shape index (κ3) is 5.28. The summed E-state index contributed by atoms with van der Waals surface area (Å²) >= 11 is 0. The molecule has 4 rings (SSSR count). The smallest absolute Gasteiger partial charge is 0.197 e. The van der Waals surface area contributed by atoms with Crippen LogP contribution < -0.4 is 9.47 Å². The lowest BCUT2D eigenvalue weighted by molar-refractivity contribution is 0.0510. The minimum absolute atomic E-state index is 0.161. The third-order valence-electron chi connectivity index (χ3n) is 5.05. The fourth-order valence-corrected chi connectivity index (χ4v) is 3.45. The number of rotatable bonds is 10. The molecule has 172 valence electrons. The van der Waals surface area contributed by atoms with Crippen LogP contribution in [0, 0.1) is 0 Å². The zero-order valence-corrected chi connectivity index (χ0v) is 18.9. The second-order valence-electron chi connectivity index (χ2n) is 7.28. The van der Waals surface area contributed by atoms with Crippen molar-refractivity contribution >= 4 is 5.78 Å². The molecule has 0 fully saturated rings. The molecular formula is C27H24N2O5. The number of nitrogens with zero attached hydrogens (tertiary/aromatic N) is 2. The molecule has 0 saturated carbocycles. The van der Waals surface area contributed by atoms with E-state index in [-0.39, 0.29) is 19.4 Å². The summed E-state index contributed by atoms with van der Waals surface area (Å²) in [6, 6.07) is 21.8. The quantitative estimate of drug-likeness (QED) is 0.245. The van der Waals surface area contributed by atoms with Gasteiger partial charge in [-0.1, -0.05) is 0 Å². The van der Waals surface area contributed by atoms with Crippen molar-refractivity contribution < 1.29 is 23.7 Å². The Morgan fingerprint density at radius 3 is 1.44 bits per heavy atom. The number of carbonyl (C=O) groups excluding carboxylic acids is 1. The predicted molar refractivity (Wildman–Crippen MR) is 128 cm³/mol. The summed E-state index contributed by atoms with van der Waals surface area (Å²) in [6.45, 7) is 0.325. The highest BCUT2D eigenvalue weighted by Crippen LogP contribution is 2.29. The summed E-state index contributed by atoms with van der Waals surface area (Å²) in [5.74, 6) is 1.18. The zero-order valence-electron chi connectivity index (χ0n) is 18.9. The van der Waals surface area contributed by atoms with Gasteiger partial charge in [0.15, 0.2) is 19.4 Å². The number of methoxy groups -OCH3 is 2. The first-order chi connectivity index (χ1) is 16.7. The number of carbonyl (C=O) groups is 1. The normalized spacial score (nSPS) is 10.6. The van der Waals surface area contributed by atoms with Crippen molar-refractivity contribution in [3.63, 3.8) is 0 Å². The Labute approximate surface area is 197 Å². The molecule has 0 aliphatic rings. The first-order valence-corrected chi connectivity index (χ1v) is 10.6. The lowest BCUT2D eigenvalue weighted by Gasteiger charge is -2.12. The van der Waals surface area contributed by atoms with Gasteiger partial charge in [0, 0.05) is 48.9 Å². The van der Waals surface area contributed by atoms with Crippen LogP contribution in [0.25, 0.3) is 22.5 Å². The van der Waals surface area contributed by atoms with Crippen molar-refractivity contribution in [3.8, 4) is 34.0 Å².